The van der Waals surface area contributed by atoms with E-state index in [-0.39, 0.29) is 5.95 Å². The Balaban J connectivity index is 2.04. The highest BCUT2D eigenvalue weighted by Crippen LogP contribution is 2.33. The number of aryl methyl sites for hydroxylation is 1. The topological polar surface area (TPSA) is 46.3 Å². The number of aromatic nitrogens is 1. The van der Waals surface area contributed by atoms with E-state index in [1.54, 1.807) is 0 Å². The van der Waals surface area contributed by atoms with Crippen LogP contribution in [0.15, 0.2) is 59.0 Å². The third-order valence-corrected chi connectivity index (χ3v) is 2.96. The molecule has 0 aliphatic rings. The summed E-state index contributed by atoms with van der Waals surface area (Å²) < 4.78 is 5.34. The molecule has 0 saturated heterocycles. The maximum Gasteiger partial charge on any atom is 0.311 e. The van der Waals surface area contributed by atoms with Gasteiger partial charge < -0.3 is 9.52 Å². The molecule has 1 aromatic heterocycles. The number of rotatable bonds is 2. The molecule has 19 heavy (non-hydrogen) atoms. The molecule has 3 heteroatoms. The van der Waals surface area contributed by atoms with Crippen molar-refractivity contribution in [2.45, 2.75) is 6.92 Å². The molecule has 3 aromatic rings. The van der Waals surface area contributed by atoms with Crippen LogP contribution in [0, 0.1) is 6.92 Å². The van der Waals surface area contributed by atoms with Crippen LogP contribution >= 0.6 is 0 Å². The van der Waals surface area contributed by atoms with Crippen LogP contribution < -0.4 is 0 Å². The van der Waals surface area contributed by atoms with Gasteiger partial charge in [0.25, 0.3) is 0 Å². The van der Waals surface area contributed by atoms with Gasteiger partial charge in [0, 0.05) is 11.1 Å². The molecule has 3 rings (SSSR count). The molecule has 1 heterocycles. The van der Waals surface area contributed by atoms with E-state index in [0.717, 1.165) is 11.1 Å². The Bertz CT molecular complexity index is 685. The molecule has 3 nitrogen and oxygen atoms in total. The van der Waals surface area contributed by atoms with Gasteiger partial charge in [-0.2, -0.15) is 0 Å². The van der Waals surface area contributed by atoms with E-state index >= 15 is 0 Å². The SMILES string of the molecule is Cc1ccc(-c2nc(-c3ccccc3)c(O)o2)cc1. The molecule has 0 saturated carbocycles. The lowest BCUT2D eigenvalue weighted by Gasteiger charge is -1.95. The fourth-order valence-corrected chi connectivity index (χ4v) is 1.92. The monoisotopic (exact) mass is 251 g/mol. The van der Waals surface area contributed by atoms with Gasteiger partial charge in [0.05, 0.1) is 0 Å². The molecule has 0 aliphatic carbocycles. The van der Waals surface area contributed by atoms with E-state index in [9.17, 15) is 5.11 Å². The summed E-state index contributed by atoms with van der Waals surface area (Å²) in [5.41, 5.74) is 3.32. The lowest BCUT2D eigenvalue weighted by Crippen LogP contribution is -1.80. The molecule has 0 fully saturated rings. The van der Waals surface area contributed by atoms with Crippen molar-refractivity contribution in [1.29, 1.82) is 0 Å². The number of hydrogen-bond acceptors (Lipinski definition) is 3. The van der Waals surface area contributed by atoms with E-state index in [1.807, 2.05) is 61.5 Å². The minimum atomic E-state index is -0.151. The summed E-state index contributed by atoms with van der Waals surface area (Å²) in [6.07, 6.45) is 0. The maximum absolute atomic E-state index is 9.87. The fourth-order valence-electron chi connectivity index (χ4n) is 1.92. The van der Waals surface area contributed by atoms with E-state index in [0.29, 0.717) is 11.6 Å². The summed E-state index contributed by atoms with van der Waals surface area (Å²) in [7, 11) is 0. The van der Waals surface area contributed by atoms with E-state index in [1.165, 1.54) is 5.56 Å². The average molecular weight is 251 g/mol. The van der Waals surface area contributed by atoms with Crippen LogP contribution in [0.3, 0.4) is 0 Å². The first kappa shape index (κ1) is 11.5. The number of benzene rings is 2. The van der Waals surface area contributed by atoms with Crippen molar-refractivity contribution >= 4 is 0 Å². The number of oxazole rings is 1. The first-order valence-corrected chi connectivity index (χ1v) is 6.06. The Labute approximate surface area is 111 Å². The minimum Gasteiger partial charge on any atom is -0.479 e. The molecule has 1 N–H and O–H groups in total. The zero-order valence-corrected chi connectivity index (χ0v) is 10.5. The number of nitrogens with zero attached hydrogens (tertiary/aromatic N) is 1. The van der Waals surface area contributed by atoms with Gasteiger partial charge in [0.1, 0.15) is 0 Å². The fraction of sp³-hybridized carbons (Fsp3) is 0.0625. The van der Waals surface area contributed by atoms with Gasteiger partial charge in [0.15, 0.2) is 5.69 Å². The second kappa shape index (κ2) is 4.61. The molecule has 0 amide bonds. The Kier molecular flexibility index (Phi) is 2.80. The largest absolute Gasteiger partial charge is 0.479 e. The maximum atomic E-state index is 9.87. The van der Waals surface area contributed by atoms with E-state index < -0.39 is 0 Å². The molecule has 94 valence electrons. The zero-order valence-electron chi connectivity index (χ0n) is 10.5. The lowest BCUT2D eigenvalue weighted by molar-refractivity contribution is 0.339. The molecule has 2 aromatic carbocycles. The van der Waals surface area contributed by atoms with Gasteiger partial charge >= 0.3 is 5.95 Å². The highest BCUT2D eigenvalue weighted by molar-refractivity contribution is 5.67. The predicted molar refractivity (Wildman–Crippen MR) is 73.8 cm³/mol. The first-order chi connectivity index (χ1) is 9.24. The average Bonchev–Trinajstić information content (AvgIpc) is 2.83. The molecule has 0 spiro atoms. The molecular weight excluding hydrogens is 238 g/mol. The summed E-state index contributed by atoms with van der Waals surface area (Å²) in [4.78, 5) is 4.36. The molecule has 0 atom stereocenters. The Morgan fingerprint density at radius 1 is 0.895 bits per heavy atom. The quantitative estimate of drug-likeness (QED) is 0.748. The highest BCUT2D eigenvalue weighted by atomic mass is 16.5. The van der Waals surface area contributed by atoms with Gasteiger partial charge in [0.2, 0.25) is 5.89 Å². The second-order valence-electron chi connectivity index (χ2n) is 4.40. The van der Waals surface area contributed by atoms with Gasteiger partial charge in [-0.25, -0.2) is 4.98 Å². The predicted octanol–water partition coefficient (Wildman–Crippen LogP) is 4.02. The third kappa shape index (κ3) is 2.22. The molecule has 0 bridgehead atoms. The normalized spacial score (nSPS) is 10.6. The Morgan fingerprint density at radius 3 is 2.26 bits per heavy atom. The number of aromatic hydroxyl groups is 1. The molecule has 0 unspecified atom stereocenters. The summed E-state index contributed by atoms with van der Waals surface area (Å²) in [6.45, 7) is 2.02. The molecular formula is C16H13NO2. The summed E-state index contributed by atoms with van der Waals surface area (Å²) in [5.74, 6) is 0.276. The molecule has 0 aliphatic heterocycles. The van der Waals surface area contributed by atoms with Crippen molar-refractivity contribution in [3.05, 3.63) is 60.2 Å². The van der Waals surface area contributed by atoms with E-state index in [2.05, 4.69) is 4.98 Å². The van der Waals surface area contributed by atoms with Gasteiger partial charge in [-0.3, -0.25) is 0 Å². The third-order valence-electron chi connectivity index (χ3n) is 2.96. The Morgan fingerprint density at radius 2 is 1.58 bits per heavy atom. The second-order valence-corrected chi connectivity index (χ2v) is 4.40. The minimum absolute atomic E-state index is 0.151. The van der Waals surface area contributed by atoms with E-state index in [4.69, 9.17) is 4.42 Å². The van der Waals surface area contributed by atoms with Gasteiger partial charge in [-0.05, 0) is 19.1 Å². The standard InChI is InChI=1S/C16H13NO2/c1-11-7-9-13(10-8-11)15-17-14(16(18)19-15)12-5-3-2-4-6-12/h2-10,18H,1H3. The summed E-state index contributed by atoms with van der Waals surface area (Å²) in [6, 6.07) is 17.3. The van der Waals surface area contributed by atoms with Crippen LogP contribution in [0.4, 0.5) is 0 Å². The summed E-state index contributed by atoms with van der Waals surface area (Å²) >= 11 is 0. The van der Waals surface area contributed by atoms with Gasteiger partial charge in [-0.1, -0.05) is 48.0 Å². The van der Waals surface area contributed by atoms with Crippen LogP contribution in [0.2, 0.25) is 0 Å². The highest BCUT2D eigenvalue weighted by Gasteiger charge is 2.15. The molecule has 0 radical (unpaired) electrons. The smallest absolute Gasteiger partial charge is 0.311 e. The van der Waals surface area contributed by atoms with Crippen LogP contribution in [-0.2, 0) is 0 Å². The van der Waals surface area contributed by atoms with Crippen molar-refractivity contribution in [2.75, 3.05) is 0 Å². The van der Waals surface area contributed by atoms with Crippen molar-refractivity contribution in [3.8, 4) is 28.7 Å². The van der Waals surface area contributed by atoms with Crippen LogP contribution in [0.5, 0.6) is 5.95 Å². The van der Waals surface area contributed by atoms with Crippen LogP contribution in [0.25, 0.3) is 22.7 Å². The van der Waals surface area contributed by atoms with Gasteiger partial charge in [-0.15, -0.1) is 0 Å². The van der Waals surface area contributed by atoms with Crippen molar-refractivity contribution in [3.63, 3.8) is 0 Å². The van der Waals surface area contributed by atoms with Crippen LogP contribution in [-0.4, -0.2) is 10.1 Å². The summed E-state index contributed by atoms with van der Waals surface area (Å²) in [5, 5.41) is 9.87. The Hall–Kier alpha value is -2.55. The first-order valence-electron chi connectivity index (χ1n) is 6.06. The van der Waals surface area contributed by atoms with Crippen molar-refractivity contribution in [2.24, 2.45) is 0 Å². The number of hydrogen-bond donors (Lipinski definition) is 1. The zero-order chi connectivity index (χ0) is 13.2. The van der Waals surface area contributed by atoms with Crippen LogP contribution in [0.1, 0.15) is 5.56 Å². The van der Waals surface area contributed by atoms with Crippen molar-refractivity contribution in [1.82, 2.24) is 4.98 Å². The van der Waals surface area contributed by atoms with Crippen molar-refractivity contribution < 1.29 is 9.52 Å². The lowest BCUT2D eigenvalue weighted by atomic mass is 10.1.